The van der Waals surface area contributed by atoms with Crippen molar-refractivity contribution in [1.82, 2.24) is 10.2 Å². The van der Waals surface area contributed by atoms with E-state index in [1.165, 1.54) is 17.2 Å². The van der Waals surface area contributed by atoms with Crippen LogP contribution in [0.2, 0.25) is 0 Å². The Kier molecular flexibility index (Phi) is 5.52. The Labute approximate surface area is 173 Å². The molecule has 7 nitrogen and oxygen atoms in total. The lowest BCUT2D eigenvalue weighted by Gasteiger charge is -2.20. The molecule has 0 fully saturated rings. The normalized spacial score (nSPS) is 12.5. The maximum absolute atomic E-state index is 13.1. The number of carbonyl (C=O) groups is 2. The Morgan fingerprint density at radius 3 is 2.60 bits per heavy atom. The number of rotatable bonds is 6. The van der Waals surface area contributed by atoms with E-state index in [1.54, 1.807) is 43.4 Å². The lowest BCUT2D eigenvalue weighted by Crippen LogP contribution is -2.35. The predicted molar refractivity (Wildman–Crippen MR) is 110 cm³/mol. The van der Waals surface area contributed by atoms with Crippen molar-refractivity contribution in [1.29, 1.82) is 0 Å². The monoisotopic (exact) mass is 404 g/mol. The second-order valence-corrected chi connectivity index (χ2v) is 6.74. The van der Waals surface area contributed by atoms with Crippen LogP contribution in [-0.2, 0) is 11.3 Å². The summed E-state index contributed by atoms with van der Waals surface area (Å²) in [5.74, 6) is 1.06. The zero-order valence-electron chi connectivity index (χ0n) is 16.3. The lowest BCUT2D eigenvalue weighted by atomic mass is 10.1. The fourth-order valence-corrected chi connectivity index (χ4v) is 3.04. The van der Waals surface area contributed by atoms with Gasteiger partial charge in [0, 0.05) is 25.2 Å². The third-order valence-corrected chi connectivity index (χ3v) is 4.55. The molecule has 7 heteroatoms. The van der Waals surface area contributed by atoms with Crippen molar-refractivity contribution in [3.63, 3.8) is 0 Å². The van der Waals surface area contributed by atoms with Gasteiger partial charge in [-0.25, -0.2) is 0 Å². The molecule has 3 aromatic rings. The molecular formula is C23H20N2O5. The van der Waals surface area contributed by atoms with Gasteiger partial charge in [0.25, 0.3) is 11.8 Å². The summed E-state index contributed by atoms with van der Waals surface area (Å²) in [6.07, 6.45) is 3.02. The highest BCUT2D eigenvalue weighted by atomic mass is 16.7. The van der Waals surface area contributed by atoms with Crippen molar-refractivity contribution in [2.24, 2.45) is 0 Å². The van der Waals surface area contributed by atoms with Crippen LogP contribution in [0.5, 0.6) is 11.5 Å². The van der Waals surface area contributed by atoms with Gasteiger partial charge in [0.05, 0.1) is 6.26 Å². The van der Waals surface area contributed by atoms with Gasteiger partial charge in [-0.2, -0.15) is 0 Å². The molecule has 1 aromatic heterocycles. The van der Waals surface area contributed by atoms with Gasteiger partial charge in [-0.1, -0.05) is 24.3 Å². The van der Waals surface area contributed by atoms with E-state index in [-0.39, 0.29) is 24.3 Å². The molecule has 152 valence electrons. The molecule has 1 aliphatic heterocycles. The molecule has 0 aliphatic carbocycles. The molecule has 0 spiro atoms. The van der Waals surface area contributed by atoms with E-state index in [1.807, 2.05) is 24.3 Å². The molecule has 0 saturated carbocycles. The Bertz CT molecular complexity index is 1070. The van der Waals surface area contributed by atoms with Crippen LogP contribution in [0.3, 0.4) is 0 Å². The largest absolute Gasteiger partial charge is 0.465 e. The van der Waals surface area contributed by atoms with E-state index in [2.05, 4.69) is 5.32 Å². The van der Waals surface area contributed by atoms with Crippen LogP contribution < -0.4 is 14.8 Å². The highest BCUT2D eigenvalue weighted by Crippen LogP contribution is 2.32. The molecule has 1 aliphatic rings. The van der Waals surface area contributed by atoms with Gasteiger partial charge in [0.15, 0.2) is 11.5 Å². The molecule has 1 N–H and O–H groups in total. The number of benzene rings is 2. The first-order valence-electron chi connectivity index (χ1n) is 9.36. The fourth-order valence-electron chi connectivity index (χ4n) is 3.04. The van der Waals surface area contributed by atoms with Crippen molar-refractivity contribution in [2.45, 2.75) is 6.54 Å². The number of ether oxygens (including phenoxy) is 2. The number of hydrogen-bond acceptors (Lipinski definition) is 5. The highest BCUT2D eigenvalue weighted by Gasteiger charge is 2.20. The average Bonchev–Trinajstić information content (AvgIpc) is 3.44. The van der Waals surface area contributed by atoms with Gasteiger partial charge in [0.2, 0.25) is 6.79 Å². The van der Waals surface area contributed by atoms with E-state index < -0.39 is 0 Å². The first kappa shape index (κ1) is 19.3. The van der Waals surface area contributed by atoms with Gasteiger partial charge >= 0.3 is 0 Å². The van der Waals surface area contributed by atoms with E-state index in [9.17, 15) is 9.59 Å². The van der Waals surface area contributed by atoms with Crippen LogP contribution >= 0.6 is 0 Å². The lowest BCUT2D eigenvalue weighted by molar-refractivity contribution is -0.126. The standard InChI is InChI=1S/C23H20N2O5/c1-25(14-16-9-10-20-21(12-16)30-15-29-20)23(27)19(13-18-8-5-11-28-18)24-22(26)17-6-3-2-4-7-17/h2-13H,14-15H2,1H3,(H,24,26). The Morgan fingerprint density at radius 2 is 1.83 bits per heavy atom. The summed E-state index contributed by atoms with van der Waals surface area (Å²) in [5, 5.41) is 2.71. The molecule has 0 unspecified atom stereocenters. The molecule has 2 amide bonds. The zero-order chi connectivity index (χ0) is 20.9. The SMILES string of the molecule is CN(Cc1ccc2c(c1)OCO2)C(=O)C(=Cc1ccco1)NC(=O)c1ccccc1. The summed E-state index contributed by atoms with van der Waals surface area (Å²) in [4.78, 5) is 27.2. The Morgan fingerprint density at radius 1 is 1.03 bits per heavy atom. The van der Waals surface area contributed by atoms with Crippen LogP contribution in [0, 0.1) is 0 Å². The molecule has 2 heterocycles. The van der Waals surface area contributed by atoms with Crippen molar-refractivity contribution >= 4 is 17.9 Å². The number of likely N-dealkylation sites (N-methyl/N-ethyl adjacent to an activating group) is 1. The summed E-state index contributed by atoms with van der Waals surface area (Å²) >= 11 is 0. The Hall–Kier alpha value is -4.00. The van der Waals surface area contributed by atoms with E-state index in [4.69, 9.17) is 13.9 Å². The van der Waals surface area contributed by atoms with Crippen LogP contribution in [0.25, 0.3) is 6.08 Å². The van der Waals surface area contributed by atoms with Crippen LogP contribution in [-0.4, -0.2) is 30.6 Å². The number of carbonyl (C=O) groups excluding carboxylic acids is 2. The summed E-state index contributed by atoms with van der Waals surface area (Å²) in [6, 6.07) is 17.6. The van der Waals surface area contributed by atoms with Crippen molar-refractivity contribution in [3.05, 3.63) is 89.5 Å². The second kappa shape index (κ2) is 8.57. The molecule has 30 heavy (non-hydrogen) atoms. The average molecular weight is 404 g/mol. The number of furan rings is 1. The molecule has 0 radical (unpaired) electrons. The highest BCUT2D eigenvalue weighted by molar-refractivity contribution is 6.05. The maximum Gasteiger partial charge on any atom is 0.270 e. The predicted octanol–water partition coefficient (Wildman–Crippen LogP) is 3.44. The van der Waals surface area contributed by atoms with Gasteiger partial charge < -0.3 is 24.1 Å². The van der Waals surface area contributed by atoms with Gasteiger partial charge in [0.1, 0.15) is 11.5 Å². The van der Waals surface area contributed by atoms with Crippen molar-refractivity contribution < 1.29 is 23.5 Å². The molecular weight excluding hydrogens is 384 g/mol. The van der Waals surface area contributed by atoms with Crippen LogP contribution in [0.15, 0.2) is 77.0 Å². The maximum atomic E-state index is 13.1. The Balaban J connectivity index is 1.53. The summed E-state index contributed by atoms with van der Waals surface area (Å²) in [6.45, 7) is 0.515. The second-order valence-electron chi connectivity index (χ2n) is 6.74. The number of nitrogens with one attached hydrogen (secondary N) is 1. The van der Waals surface area contributed by atoms with Crippen molar-refractivity contribution in [3.8, 4) is 11.5 Å². The van der Waals surface area contributed by atoms with Gasteiger partial charge in [-0.3, -0.25) is 9.59 Å². The summed E-state index contributed by atoms with van der Waals surface area (Å²) in [5.41, 5.74) is 1.44. The number of nitrogens with zero attached hydrogens (tertiary/aromatic N) is 1. The first-order valence-corrected chi connectivity index (χ1v) is 9.36. The molecule has 0 bridgehead atoms. The molecule has 4 rings (SSSR count). The topological polar surface area (TPSA) is 81.0 Å². The smallest absolute Gasteiger partial charge is 0.270 e. The first-order chi connectivity index (χ1) is 14.6. The van der Waals surface area contributed by atoms with Gasteiger partial charge in [-0.05, 0) is 42.0 Å². The van der Waals surface area contributed by atoms with Gasteiger partial charge in [-0.15, -0.1) is 0 Å². The molecule has 2 aromatic carbocycles. The van der Waals surface area contributed by atoms with E-state index >= 15 is 0 Å². The molecule has 0 saturated heterocycles. The third-order valence-electron chi connectivity index (χ3n) is 4.55. The number of amides is 2. The zero-order valence-corrected chi connectivity index (χ0v) is 16.3. The quantitative estimate of drug-likeness (QED) is 0.637. The summed E-state index contributed by atoms with van der Waals surface area (Å²) in [7, 11) is 1.66. The van der Waals surface area contributed by atoms with Crippen LogP contribution in [0.1, 0.15) is 21.7 Å². The molecule has 0 atom stereocenters. The number of fused-ring (bicyclic) bond motifs is 1. The minimum Gasteiger partial charge on any atom is -0.465 e. The summed E-state index contributed by atoms with van der Waals surface area (Å²) < 4.78 is 16.0. The van der Waals surface area contributed by atoms with E-state index in [0.717, 1.165) is 5.56 Å². The minimum absolute atomic E-state index is 0.113. The third kappa shape index (κ3) is 4.35. The van der Waals surface area contributed by atoms with E-state index in [0.29, 0.717) is 29.4 Å². The number of hydrogen-bond donors (Lipinski definition) is 1. The van der Waals surface area contributed by atoms with Crippen molar-refractivity contribution in [2.75, 3.05) is 13.8 Å². The minimum atomic E-state index is -0.377. The van der Waals surface area contributed by atoms with Crippen LogP contribution in [0.4, 0.5) is 0 Å². The fraction of sp³-hybridized carbons (Fsp3) is 0.130.